The standard InChI is InChI=1S/C9H18N2/c1-5-11-7-6-9(2,3)8-10-4/h6-8,11H,5H2,1-4H3/b7-6-,10-8?. The van der Waals surface area contributed by atoms with Gasteiger partial charge in [-0.05, 0) is 13.1 Å². The van der Waals surface area contributed by atoms with E-state index in [-0.39, 0.29) is 5.41 Å². The summed E-state index contributed by atoms with van der Waals surface area (Å²) in [5.41, 5.74) is 0.0664. The van der Waals surface area contributed by atoms with Crippen LogP contribution in [0.3, 0.4) is 0 Å². The molecule has 0 saturated carbocycles. The van der Waals surface area contributed by atoms with Gasteiger partial charge in [-0.2, -0.15) is 0 Å². The number of hydrogen-bond acceptors (Lipinski definition) is 2. The number of nitrogens with one attached hydrogen (secondary N) is 1. The first-order chi connectivity index (χ1) is 5.12. The van der Waals surface area contributed by atoms with Gasteiger partial charge in [-0.15, -0.1) is 0 Å². The maximum absolute atomic E-state index is 3.98. The molecule has 1 N–H and O–H groups in total. The fourth-order valence-corrected chi connectivity index (χ4v) is 0.767. The third kappa shape index (κ3) is 5.64. The summed E-state index contributed by atoms with van der Waals surface area (Å²) >= 11 is 0. The minimum absolute atomic E-state index is 0.0664. The van der Waals surface area contributed by atoms with E-state index in [1.54, 1.807) is 7.05 Å². The second kappa shape index (κ2) is 4.94. The van der Waals surface area contributed by atoms with Crippen LogP contribution in [0.15, 0.2) is 17.3 Å². The van der Waals surface area contributed by atoms with Gasteiger partial charge in [0.05, 0.1) is 0 Å². The van der Waals surface area contributed by atoms with Crippen LogP contribution in [0.5, 0.6) is 0 Å². The summed E-state index contributed by atoms with van der Waals surface area (Å²) in [4.78, 5) is 3.98. The van der Waals surface area contributed by atoms with Crippen molar-refractivity contribution in [3.8, 4) is 0 Å². The summed E-state index contributed by atoms with van der Waals surface area (Å²) < 4.78 is 0. The molecule has 64 valence electrons. The van der Waals surface area contributed by atoms with Crippen molar-refractivity contribution < 1.29 is 0 Å². The Morgan fingerprint density at radius 3 is 2.55 bits per heavy atom. The minimum atomic E-state index is 0.0664. The molecule has 0 fully saturated rings. The number of aliphatic imine (C=N–C) groups is 1. The van der Waals surface area contributed by atoms with Gasteiger partial charge in [-0.25, -0.2) is 0 Å². The highest BCUT2D eigenvalue weighted by Crippen LogP contribution is 2.12. The van der Waals surface area contributed by atoms with Crippen LogP contribution in [0.2, 0.25) is 0 Å². The monoisotopic (exact) mass is 154 g/mol. The van der Waals surface area contributed by atoms with E-state index in [2.05, 4.69) is 37.2 Å². The lowest BCUT2D eigenvalue weighted by Gasteiger charge is -2.12. The van der Waals surface area contributed by atoms with E-state index in [1.165, 1.54) is 0 Å². The molecular formula is C9H18N2. The molecule has 0 aliphatic carbocycles. The second-order valence-electron chi connectivity index (χ2n) is 3.10. The first-order valence-corrected chi connectivity index (χ1v) is 3.97. The van der Waals surface area contributed by atoms with Crippen molar-refractivity contribution in [2.75, 3.05) is 13.6 Å². The fourth-order valence-electron chi connectivity index (χ4n) is 0.767. The Kier molecular flexibility index (Phi) is 4.59. The Morgan fingerprint density at radius 2 is 2.09 bits per heavy atom. The van der Waals surface area contributed by atoms with E-state index in [1.807, 2.05) is 12.4 Å². The summed E-state index contributed by atoms with van der Waals surface area (Å²) in [6.45, 7) is 7.28. The summed E-state index contributed by atoms with van der Waals surface area (Å²) in [5, 5.41) is 3.12. The van der Waals surface area contributed by atoms with Crippen LogP contribution in [-0.2, 0) is 0 Å². The van der Waals surface area contributed by atoms with E-state index >= 15 is 0 Å². The molecule has 0 aliphatic heterocycles. The van der Waals surface area contributed by atoms with Gasteiger partial charge in [-0.1, -0.05) is 19.9 Å². The Hall–Kier alpha value is -0.790. The highest BCUT2D eigenvalue weighted by molar-refractivity contribution is 5.67. The molecule has 0 heterocycles. The van der Waals surface area contributed by atoms with Crippen molar-refractivity contribution in [1.82, 2.24) is 5.32 Å². The predicted molar refractivity (Wildman–Crippen MR) is 51.0 cm³/mol. The molecule has 0 aromatic heterocycles. The van der Waals surface area contributed by atoms with Gasteiger partial charge in [0.1, 0.15) is 0 Å². The average Bonchev–Trinajstić information content (AvgIpc) is 1.87. The molecule has 0 spiro atoms. The number of rotatable bonds is 4. The molecule has 0 aromatic carbocycles. The molecule has 0 rings (SSSR count). The fraction of sp³-hybridized carbons (Fsp3) is 0.667. The summed E-state index contributed by atoms with van der Waals surface area (Å²) in [6, 6.07) is 0. The van der Waals surface area contributed by atoms with Crippen LogP contribution >= 0.6 is 0 Å². The van der Waals surface area contributed by atoms with Crippen LogP contribution in [-0.4, -0.2) is 19.8 Å². The molecule has 0 aliphatic rings. The van der Waals surface area contributed by atoms with Gasteiger partial charge in [0.15, 0.2) is 0 Å². The lowest BCUT2D eigenvalue weighted by Crippen LogP contribution is -2.11. The number of nitrogens with zero attached hydrogens (tertiary/aromatic N) is 1. The average molecular weight is 154 g/mol. The van der Waals surface area contributed by atoms with Crippen molar-refractivity contribution in [1.29, 1.82) is 0 Å². The topological polar surface area (TPSA) is 24.4 Å². The van der Waals surface area contributed by atoms with Crippen molar-refractivity contribution in [3.05, 3.63) is 12.3 Å². The molecular weight excluding hydrogens is 136 g/mol. The maximum Gasteiger partial charge on any atom is 0.0273 e. The molecule has 2 heteroatoms. The maximum atomic E-state index is 3.98. The van der Waals surface area contributed by atoms with E-state index in [4.69, 9.17) is 0 Å². The number of hydrogen-bond donors (Lipinski definition) is 1. The molecule has 0 atom stereocenters. The summed E-state index contributed by atoms with van der Waals surface area (Å²) in [7, 11) is 1.79. The summed E-state index contributed by atoms with van der Waals surface area (Å²) in [6.07, 6.45) is 6.01. The molecule has 0 unspecified atom stereocenters. The zero-order chi connectivity index (χ0) is 8.74. The van der Waals surface area contributed by atoms with Gasteiger partial charge in [-0.3, -0.25) is 4.99 Å². The molecule has 2 nitrogen and oxygen atoms in total. The Morgan fingerprint density at radius 1 is 1.45 bits per heavy atom. The molecule has 0 amide bonds. The Labute approximate surface area is 69.4 Å². The second-order valence-corrected chi connectivity index (χ2v) is 3.10. The normalized spacial score (nSPS) is 13.1. The van der Waals surface area contributed by atoms with E-state index in [0.717, 1.165) is 6.54 Å². The molecule has 0 saturated heterocycles. The zero-order valence-electron chi connectivity index (χ0n) is 7.89. The van der Waals surface area contributed by atoms with Crippen LogP contribution in [0.25, 0.3) is 0 Å². The van der Waals surface area contributed by atoms with E-state index < -0.39 is 0 Å². The van der Waals surface area contributed by atoms with Crippen LogP contribution in [0, 0.1) is 5.41 Å². The molecule has 0 bridgehead atoms. The van der Waals surface area contributed by atoms with Crippen molar-refractivity contribution >= 4 is 6.21 Å². The lowest BCUT2D eigenvalue weighted by molar-refractivity contribution is 0.684. The zero-order valence-corrected chi connectivity index (χ0v) is 7.89. The quantitative estimate of drug-likeness (QED) is 0.614. The molecule has 0 radical (unpaired) electrons. The minimum Gasteiger partial charge on any atom is -0.391 e. The van der Waals surface area contributed by atoms with Crippen molar-refractivity contribution in [2.45, 2.75) is 20.8 Å². The number of allylic oxidation sites excluding steroid dienone is 1. The predicted octanol–water partition coefficient (Wildman–Crippen LogP) is 1.84. The third-order valence-corrected chi connectivity index (χ3v) is 1.30. The van der Waals surface area contributed by atoms with E-state index in [9.17, 15) is 0 Å². The van der Waals surface area contributed by atoms with Crippen LogP contribution < -0.4 is 5.32 Å². The Bertz CT molecular complexity index is 146. The van der Waals surface area contributed by atoms with E-state index in [0.29, 0.717) is 0 Å². The smallest absolute Gasteiger partial charge is 0.0273 e. The largest absolute Gasteiger partial charge is 0.391 e. The lowest BCUT2D eigenvalue weighted by atomic mass is 9.96. The first kappa shape index (κ1) is 10.2. The Balaban J connectivity index is 3.89. The molecule has 0 aromatic rings. The van der Waals surface area contributed by atoms with Crippen LogP contribution in [0.4, 0.5) is 0 Å². The third-order valence-electron chi connectivity index (χ3n) is 1.30. The molecule has 11 heavy (non-hydrogen) atoms. The van der Waals surface area contributed by atoms with Crippen molar-refractivity contribution in [2.24, 2.45) is 10.4 Å². The van der Waals surface area contributed by atoms with Gasteiger partial charge in [0, 0.05) is 25.2 Å². The highest BCUT2D eigenvalue weighted by Gasteiger charge is 2.08. The van der Waals surface area contributed by atoms with Gasteiger partial charge in [0.2, 0.25) is 0 Å². The SMILES string of the molecule is CCN/C=C\C(C)(C)C=NC. The van der Waals surface area contributed by atoms with Gasteiger partial charge in [0.25, 0.3) is 0 Å². The van der Waals surface area contributed by atoms with Crippen molar-refractivity contribution in [3.63, 3.8) is 0 Å². The van der Waals surface area contributed by atoms with Gasteiger partial charge < -0.3 is 5.32 Å². The first-order valence-electron chi connectivity index (χ1n) is 3.97. The van der Waals surface area contributed by atoms with Crippen LogP contribution in [0.1, 0.15) is 20.8 Å². The summed E-state index contributed by atoms with van der Waals surface area (Å²) in [5.74, 6) is 0. The highest BCUT2D eigenvalue weighted by atomic mass is 14.8. The van der Waals surface area contributed by atoms with Gasteiger partial charge >= 0.3 is 0 Å².